The lowest BCUT2D eigenvalue weighted by atomic mass is 9.99. The molecule has 0 amide bonds. The quantitative estimate of drug-likeness (QED) is 0.502. The summed E-state index contributed by atoms with van der Waals surface area (Å²) in [6.07, 6.45) is 4.96. The maximum atomic E-state index is 10.8. The van der Waals surface area contributed by atoms with E-state index in [-0.39, 0.29) is 11.4 Å². The standard InChI is InChI=1S/C14H20N4O2/c15-11-9-10(4-5-13(11)18(19)20)16-12-6-8-17-7-2-1-3-14(12)17/h4-5,9,12,14,16H,1-3,6-8,15H2. The fourth-order valence-corrected chi connectivity index (χ4v) is 3.44. The first-order chi connectivity index (χ1) is 9.65. The average Bonchev–Trinajstić information content (AvgIpc) is 2.82. The van der Waals surface area contributed by atoms with Gasteiger partial charge in [-0.05, 0) is 37.9 Å². The molecule has 0 aromatic heterocycles. The van der Waals surface area contributed by atoms with Gasteiger partial charge >= 0.3 is 0 Å². The molecule has 0 bridgehead atoms. The molecule has 6 nitrogen and oxygen atoms in total. The Morgan fingerprint density at radius 1 is 1.30 bits per heavy atom. The SMILES string of the molecule is Nc1cc(NC2CCN3CCCCC23)ccc1[N+](=O)[O-]. The van der Waals surface area contributed by atoms with E-state index in [0.717, 1.165) is 18.7 Å². The summed E-state index contributed by atoms with van der Waals surface area (Å²) in [4.78, 5) is 12.9. The molecule has 0 aliphatic carbocycles. The van der Waals surface area contributed by atoms with Crippen LogP contribution in [0.15, 0.2) is 18.2 Å². The molecule has 3 rings (SSSR count). The molecular formula is C14H20N4O2. The number of benzene rings is 1. The van der Waals surface area contributed by atoms with Gasteiger partial charge in [0, 0.05) is 30.4 Å². The Kier molecular flexibility index (Phi) is 3.48. The molecule has 0 spiro atoms. The van der Waals surface area contributed by atoms with Gasteiger partial charge in [0.1, 0.15) is 5.69 Å². The van der Waals surface area contributed by atoms with Crippen LogP contribution in [0.2, 0.25) is 0 Å². The number of hydrogen-bond donors (Lipinski definition) is 2. The van der Waals surface area contributed by atoms with E-state index < -0.39 is 4.92 Å². The van der Waals surface area contributed by atoms with E-state index in [0.29, 0.717) is 12.1 Å². The van der Waals surface area contributed by atoms with Gasteiger partial charge in [-0.1, -0.05) is 6.42 Å². The van der Waals surface area contributed by atoms with Crippen LogP contribution in [-0.4, -0.2) is 35.0 Å². The number of nitrogen functional groups attached to an aromatic ring is 1. The number of rotatable bonds is 3. The zero-order valence-electron chi connectivity index (χ0n) is 11.4. The summed E-state index contributed by atoms with van der Waals surface area (Å²) in [5, 5.41) is 14.3. The van der Waals surface area contributed by atoms with Crippen LogP contribution in [0.5, 0.6) is 0 Å². The predicted molar refractivity (Wildman–Crippen MR) is 78.7 cm³/mol. The highest BCUT2D eigenvalue weighted by Crippen LogP contribution is 2.31. The summed E-state index contributed by atoms with van der Waals surface area (Å²) in [6, 6.07) is 5.92. The summed E-state index contributed by atoms with van der Waals surface area (Å²) in [5.41, 5.74) is 6.81. The predicted octanol–water partition coefficient (Wildman–Crippen LogP) is 2.22. The highest BCUT2D eigenvalue weighted by molar-refractivity contribution is 5.66. The number of fused-ring (bicyclic) bond motifs is 1. The lowest BCUT2D eigenvalue weighted by molar-refractivity contribution is -0.383. The van der Waals surface area contributed by atoms with E-state index in [9.17, 15) is 10.1 Å². The van der Waals surface area contributed by atoms with Gasteiger partial charge in [0.25, 0.3) is 5.69 Å². The second-order valence-corrected chi connectivity index (χ2v) is 5.67. The third-order valence-corrected chi connectivity index (χ3v) is 4.43. The molecule has 20 heavy (non-hydrogen) atoms. The Morgan fingerprint density at radius 3 is 2.90 bits per heavy atom. The Bertz CT molecular complexity index is 520. The van der Waals surface area contributed by atoms with Crippen molar-refractivity contribution in [2.24, 2.45) is 0 Å². The monoisotopic (exact) mass is 276 g/mol. The minimum Gasteiger partial charge on any atom is -0.393 e. The molecule has 0 saturated carbocycles. The van der Waals surface area contributed by atoms with Gasteiger partial charge in [-0.2, -0.15) is 0 Å². The van der Waals surface area contributed by atoms with Gasteiger partial charge < -0.3 is 11.1 Å². The number of nitrogens with one attached hydrogen (secondary N) is 1. The largest absolute Gasteiger partial charge is 0.393 e. The number of anilines is 2. The van der Waals surface area contributed by atoms with Crippen LogP contribution in [0.3, 0.4) is 0 Å². The maximum Gasteiger partial charge on any atom is 0.292 e. The average molecular weight is 276 g/mol. The van der Waals surface area contributed by atoms with Crippen molar-refractivity contribution in [2.45, 2.75) is 37.8 Å². The first kappa shape index (κ1) is 13.2. The molecule has 2 fully saturated rings. The zero-order valence-corrected chi connectivity index (χ0v) is 11.4. The summed E-state index contributed by atoms with van der Waals surface area (Å²) in [5.74, 6) is 0. The van der Waals surface area contributed by atoms with Gasteiger partial charge in [-0.3, -0.25) is 15.0 Å². The van der Waals surface area contributed by atoms with Crippen LogP contribution >= 0.6 is 0 Å². The molecule has 108 valence electrons. The number of nitro groups is 1. The van der Waals surface area contributed by atoms with Crippen LogP contribution < -0.4 is 11.1 Å². The molecule has 0 radical (unpaired) electrons. The number of piperidine rings is 1. The molecule has 2 saturated heterocycles. The summed E-state index contributed by atoms with van der Waals surface area (Å²) < 4.78 is 0. The Balaban J connectivity index is 1.72. The topological polar surface area (TPSA) is 84.4 Å². The number of nitrogens with zero attached hydrogens (tertiary/aromatic N) is 2. The number of nitro benzene ring substituents is 1. The Labute approximate surface area is 118 Å². The fourth-order valence-electron chi connectivity index (χ4n) is 3.44. The molecular weight excluding hydrogens is 256 g/mol. The molecule has 2 aliphatic heterocycles. The Morgan fingerprint density at radius 2 is 2.15 bits per heavy atom. The lowest BCUT2D eigenvalue weighted by Crippen LogP contribution is -2.41. The lowest BCUT2D eigenvalue weighted by Gasteiger charge is -2.33. The van der Waals surface area contributed by atoms with E-state index in [4.69, 9.17) is 5.73 Å². The van der Waals surface area contributed by atoms with Gasteiger partial charge in [-0.15, -0.1) is 0 Å². The molecule has 1 aromatic carbocycles. The minimum atomic E-state index is -0.447. The van der Waals surface area contributed by atoms with E-state index in [1.165, 1.54) is 31.9 Å². The van der Waals surface area contributed by atoms with Gasteiger partial charge in [0.2, 0.25) is 0 Å². The molecule has 2 atom stereocenters. The van der Waals surface area contributed by atoms with Crippen molar-refractivity contribution in [3.8, 4) is 0 Å². The van der Waals surface area contributed by atoms with Crippen molar-refractivity contribution >= 4 is 17.1 Å². The van der Waals surface area contributed by atoms with E-state index in [1.54, 1.807) is 12.1 Å². The van der Waals surface area contributed by atoms with Crippen molar-refractivity contribution < 1.29 is 4.92 Å². The van der Waals surface area contributed by atoms with Crippen molar-refractivity contribution in [3.05, 3.63) is 28.3 Å². The third-order valence-electron chi connectivity index (χ3n) is 4.43. The van der Waals surface area contributed by atoms with Crippen molar-refractivity contribution in [3.63, 3.8) is 0 Å². The van der Waals surface area contributed by atoms with E-state index in [1.807, 2.05) is 0 Å². The highest BCUT2D eigenvalue weighted by Gasteiger charge is 2.35. The van der Waals surface area contributed by atoms with Crippen LogP contribution in [0, 0.1) is 10.1 Å². The van der Waals surface area contributed by atoms with E-state index in [2.05, 4.69) is 10.2 Å². The van der Waals surface area contributed by atoms with Crippen molar-refractivity contribution in [1.82, 2.24) is 4.90 Å². The van der Waals surface area contributed by atoms with Crippen LogP contribution in [0.25, 0.3) is 0 Å². The minimum absolute atomic E-state index is 0.0266. The Hall–Kier alpha value is -1.82. The summed E-state index contributed by atoms with van der Waals surface area (Å²) in [6.45, 7) is 2.34. The first-order valence-corrected chi connectivity index (χ1v) is 7.19. The van der Waals surface area contributed by atoms with E-state index >= 15 is 0 Å². The fraction of sp³-hybridized carbons (Fsp3) is 0.571. The molecule has 6 heteroatoms. The highest BCUT2D eigenvalue weighted by atomic mass is 16.6. The summed E-state index contributed by atoms with van der Waals surface area (Å²) >= 11 is 0. The number of hydrogen-bond acceptors (Lipinski definition) is 5. The van der Waals surface area contributed by atoms with Gasteiger partial charge in [-0.25, -0.2) is 0 Å². The second-order valence-electron chi connectivity index (χ2n) is 5.67. The van der Waals surface area contributed by atoms with Gasteiger partial charge in [0.05, 0.1) is 4.92 Å². The van der Waals surface area contributed by atoms with Crippen LogP contribution in [0.1, 0.15) is 25.7 Å². The molecule has 2 unspecified atom stereocenters. The molecule has 2 heterocycles. The van der Waals surface area contributed by atoms with Crippen LogP contribution in [0.4, 0.5) is 17.1 Å². The smallest absolute Gasteiger partial charge is 0.292 e. The summed E-state index contributed by atoms with van der Waals surface area (Å²) in [7, 11) is 0. The van der Waals surface area contributed by atoms with Crippen molar-refractivity contribution in [2.75, 3.05) is 24.1 Å². The zero-order chi connectivity index (χ0) is 14.1. The second kappa shape index (κ2) is 5.28. The van der Waals surface area contributed by atoms with Gasteiger partial charge in [0.15, 0.2) is 0 Å². The normalized spacial score (nSPS) is 26.2. The number of nitrogens with two attached hydrogens (primary N) is 1. The molecule has 2 aliphatic rings. The maximum absolute atomic E-state index is 10.8. The van der Waals surface area contributed by atoms with Crippen LogP contribution in [-0.2, 0) is 0 Å². The third kappa shape index (κ3) is 2.43. The molecule has 3 N–H and O–H groups in total. The first-order valence-electron chi connectivity index (χ1n) is 7.19. The van der Waals surface area contributed by atoms with Crippen molar-refractivity contribution in [1.29, 1.82) is 0 Å². The molecule has 1 aromatic rings.